The summed E-state index contributed by atoms with van der Waals surface area (Å²) in [5.74, 6) is 1.20. The van der Waals surface area contributed by atoms with Crippen molar-refractivity contribution in [1.82, 2.24) is 4.31 Å². The lowest BCUT2D eigenvalue weighted by Gasteiger charge is -2.16. The zero-order chi connectivity index (χ0) is 20.2. The highest BCUT2D eigenvalue weighted by Gasteiger charge is 2.17. The first-order valence-corrected chi connectivity index (χ1v) is 9.87. The Hall–Kier alpha value is -2.36. The van der Waals surface area contributed by atoms with E-state index < -0.39 is 10.0 Å². The number of thiocarbonyl (C=S) groups is 1. The first-order valence-electron chi connectivity index (χ1n) is 8.02. The van der Waals surface area contributed by atoms with Gasteiger partial charge in [-0.05, 0) is 49.0 Å². The number of ether oxygens (including phenoxy) is 2. The van der Waals surface area contributed by atoms with Gasteiger partial charge in [0.15, 0.2) is 16.6 Å². The first kappa shape index (κ1) is 20.9. The molecule has 7 nitrogen and oxygen atoms in total. The van der Waals surface area contributed by atoms with Crippen LogP contribution in [0.5, 0.6) is 11.5 Å². The Balaban J connectivity index is 2.20. The van der Waals surface area contributed by atoms with Crippen LogP contribution >= 0.6 is 12.2 Å². The highest BCUT2D eigenvalue weighted by atomic mass is 32.2. The van der Waals surface area contributed by atoms with Crippen LogP contribution in [0, 0.1) is 6.92 Å². The van der Waals surface area contributed by atoms with Crippen molar-refractivity contribution >= 4 is 38.7 Å². The van der Waals surface area contributed by atoms with E-state index in [1.165, 1.54) is 26.2 Å². The minimum absolute atomic E-state index is 0.183. The summed E-state index contributed by atoms with van der Waals surface area (Å²) in [6, 6.07) is 10.1. The maximum Gasteiger partial charge on any atom is 0.242 e. The van der Waals surface area contributed by atoms with E-state index in [0.717, 1.165) is 15.6 Å². The number of hydrogen-bond donors (Lipinski definition) is 2. The number of nitrogens with one attached hydrogen (secondary N) is 2. The normalized spacial score (nSPS) is 11.2. The Morgan fingerprint density at radius 2 is 1.67 bits per heavy atom. The van der Waals surface area contributed by atoms with E-state index in [0.29, 0.717) is 22.3 Å². The second kappa shape index (κ2) is 8.55. The van der Waals surface area contributed by atoms with Crippen LogP contribution in [0.3, 0.4) is 0 Å². The molecule has 2 aromatic rings. The summed E-state index contributed by atoms with van der Waals surface area (Å²) in [6.45, 7) is 1.91. The molecule has 0 saturated carbocycles. The molecule has 0 saturated heterocycles. The maximum atomic E-state index is 12.3. The number of benzene rings is 2. The average molecular weight is 410 g/mol. The van der Waals surface area contributed by atoms with Gasteiger partial charge < -0.3 is 20.1 Å². The lowest BCUT2D eigenvalue weighted by atomic mass is 10.1. The van der Waals surface area contributed by atoms with Gasteiger partial charge in [0.05, 0.1) is 19.1 Å². The molecule has 2 rings (SSSR count). The second-order valence-corrected chi connectivity index (χ2v) is 8.48. The maximum absolute atomic E-state index is 12.3. The minimum atomic E-state index is -3.52. The van der Waals surface area contributed by atoms with E-state index in [9.17, 15) is 8.42 Å². The molecule has 0 atom stereocenters. The predicted molar refractivity (Wildman–Crippen MR) is 111 cm³/mol. The number of methoxy groups -OCH3 is 2. The van der Waals surface area contributed by atoms with Crippen molar-refractivity contribution in [3.05, 3.63) is 42.0 Å². The van der Waals surface area contributed by atoms with Crippen LogP contribution in [-0.4, -0.2) is 46.2 Å². The molecule has 0 aliphatic rings. The molecule has 0 amide bonds. The number of rotatable bonds is 6. The summed E-state index contributed by atoms with van der Waals surface area (Å²) >= 11 is 5.35. The Labute approximate surface area is 165 Å². The van der Waals surface area contributed by atoms with Crippen LogP contribution in [0.2, 0.25) is 0 Å². The Morgan fingerprint density at radius 1 is 1.04 bits per heavy atom. The number of hydrogen-bond acceptors (Lipinski definition) is 5. The summed E-state index contributed by atoms with van der Waals surface area (Å²) in [6.07, 6.45) is 0. The summed E-state index contributed by atoms with van der Waals surface area (Å²) in [5, 5.41) is 6.41. The highest BCUT2D eigenvalue weighted by Crippen LogP contribution is 2.33. The molecule has 0 aliphatic carbocycles. The Kier molecular flexibility index (Phi) is 6.63. The quantitative estimate of drug-likeness (QED) is 0.710. The molecule has 0 heterocycles. The zero-order valence-corrected chi connectivity index (χ0v) is 17.5. The van der Waals surface area contributed by atoms with Crippen LogP contribution in [0.4, 0.5) is 11.4 Å². The molecule has 0 unspecified atom stereocenters. The summed E-state index contributed by atoms with van der Waals surface area (Å²) in [4.78, 5) is 0.183. The molecule has 2 aromatic carbocycles. The van der Waals surface area contributed by atoms with E-state index in [-0.39, 0.29) is 4.90 Å². The van der Waals surface area contributed by atoms with Crippen LogP contribution in [0.1, 0.15) is 5.56 Å². The molecular formula is C18H23N3O4S2. The van der Waals surface area contributed by atoms with Gasteiger partial charge in [0.1, 0.15) is 0 Å². The minimum Gasteiger partial charge on any atom is -0.493 e. The molecule has 0 radical (unpaired) electrons. The Morgan fingerprint density at radius 3 is 2.26 bits per heavy atom. The third kappa shape index (κ3) is 4.88. The van der Waals surface area contributed by atoms with Crippen LogP contribution in [0.25, 0.3) is 0 Å². The fraction of sp³-hybridized carbons (Fsp3) is 0.278. The van der Waals surface area contributed by atoms with Gasteiger partial charge in [0.2, 0.25) is 10.0 Å². The molecule has 0 fully saturated rings. The van der Waals surface area contributed by atoms with Crippen molar-refractivity contribution in [3.63, 3.8) is 0 Å². The number of anilines is 2. The molecule has 9 heteroatoms. The predicted octanol–water partition coefficient (Wildman–Crippen LogP) is 3.07. The van der Waals surface area contributed by atoms with Gasteiger partial charge in [0, 0.05) is 31.5 Å². The van der Waals surface area contributed by atoms with Gasteiger partial charge in [-0.15, -0.1) is 0 Å². The van der Waals surface area contributed by atoms with Crippen molar-refractivity contribution in [3.8, 4) is 11.5 Å². The van der Waals surface area contributed by atoms with Crippen LogP contribution in [-0.2, 0) is 10.0 Å². The Bertz CT molecular complexity index is 944. The zero-order valence-electron chi connectivity index (χ0n) is 15.9. The number of aryl methyl sites for hydroxylation is 1. The largest absolute Gasteiger partial charge is 0.493 e. The van der Waals surface area contributed by atoms with Crippen molar-refractivity contribution in [1.29, 1.82) is 0 Å². The van der Waals surface area contributed by atoms with E-state index in [1.807, 2.05) is 13.0 Å². The third-order valence-electron chi connectivity index (χ3n) is 3.85. The molecule has 0 spiro atoms. The van der Waals surface area contributed by atoms with Crippen molar-refractivity contribution in [2.24, 2.45) is 0 Å². The SMILES string of the molecule is COc1cc(C)c(NC(=S)Nc2cccc(S(=O)(=O)N(C)C)c2)cc1OC. The summed E-state index contributed by atoms with van der Waals surface area (Å²) in [7, 11) is 2.59. The summed E-state index contributed by atoms with van der Waals surface area (Å²) in [5.41, 5.74) is 2.23. The number of sulfonamides is 1. The number of nitrogens with zero attached hydrogens (tertiary/aromatic N) is 1. The molecule has 0 aliphatic heterocycles. The molecule has 2 N–H and O–H groups in total. The van der Waals surface area contributed by atoms with Gasteiger partial charge in [-0.2, -0.15) is 0 Å². The standard InChI is InChI=1S/C18H23N3O4S2/c1-12-9-16(24-4)17(25-5)11-15(12)20-18(26)19-13-7-6-8-14(10-13)27(22,23)21(2)3/h6-11H,1-5H3,(H2,19,20,26). The lowest BCUT2D eigenvalue weighted by molar-refractivity contribution is 0.355. The molecule has 146 valence electrons. The van der Waals surface area contributed by atoms with Crippen molar-refractivity contribution in [2.45, 2.75) is 11.8 Å². The molecular weight excluding hydrogens is 386 g/mol. The van der Waals surface area contributed by atoms with Gasteiger partial charge in [0.25, 0.3) is 0 Å². The smallest absolute Gasteiger partial charge is 0.242 e. The van der Waals surface area contributed by atoms with Crippen LogP contribution in [0.15, 0.2) is 41.3 Å². The van der Waals surface area contributed by atoms with Gasteiger partial charge in [-0.1, -0.05) is 6.07 Å². The van der Waals surface area contributed by atoms with E-state index in [1.54, 1.807) is 32.4 Å². The fourth-order valence-electron chi connectivity index (χ4n) is 2.35. The first-order chi connectivity index (χ1) is 12.7. The molecule has 0 bridgehead atoms. The average Bonchev–Trinajstić information content (AvgIpc) is 2.63. The topological polar surface area (TPSA) is 79.9 Å². The third-order valence-corrected chi connectivity index (χ3v) is 5.86. The highest BCUT2D eigenvalue weighted by molar-refractivity contribution is 7.89. The molecule has 0 aromatic heterocycles. The van der Waals surface area contributed by atoms with Gasteiger partial charge in [-0.25, -0.2) is 12.7 Å². The fourth-order valence-corrected chi connectivity index (χ4v) is 3.52. The van der Waals surface area contributed by atoms with Crippen LogP contribution < -0.4 is 20.1 Å². The van der Waals surface area contributed by atoms with E-state index in [2.05, 4.69) is 10.6 Å². The van der Waals surface area contributed by atoms with Gasteiger partial charge in [-0.3, -0.25) is 0 Å². The van der Waals surface area contributed by atoms with Crippen molar-refractivity contribution in [2.75, 3.05) is 38.9 Å². The second-order valence-electron chi connectivity index (χ2n) is 5.92. The van der Waals surface area contributed by atoms with Crippen molar-refractivity contribution < 1.29 is 17.9 Å². The lowest BCUT2D eigenvalue weighted by Crippen LogP contribution is -2.23. The summed E-state index contributed by atoms with van der Waals surface area (Å²) < 4.78 is 36.3. The van der Waals surface area contributed by atoms with Gasteiger partial charge >= 0.3 is 0 Å². The molecule has 27 heavy (non-hydrogen) atoms. The van der Waals surface area contributed by atoms with E-state index in [4.69, 9.17) is 21.7 Å². The monoisotopic (exact) mass is 409 g/mol. The van der Waals surface area contributed by atoms with E-state index >= 15 is 0 Å².